The molecular weight excluding hydrogens is 516 g/mol. The minimum absolute atomic E-state index is 0.0311. The van der Waals surface area contributed by atoms with Gasteiger partial charge >= 0.3 is 0 Å². The van der Waals surface area contributed by atoms with Gasteiger partial charge in [0.25, 0.3) is 0 Å². The number of aromatic nitrogens is 3. The molecule has 38 heavy (non-hydrogen) atoms. The zero-order valence-corrected chi connectivity index (χ0v) is 21.0. The maximum absolute atomic E-state index is 14.4. The number of nitrogens with one attached hydrogen (secondary N) is 1. The van der Waals surface area contributed by atoms with Gasteiger partial charge in [-0.3, -0.25) is 9.52 Å². The summed E-state index contributed by atoms with van der Waals surface area (Å²) >= 11 is 0. The van der Waals surface area contributed by atoms with Gasteiger partial charge in [-0.15, -0.1) is 0 Å². The topological polar surface area (TPSA) is 129 Å². The first kappa shape index (κ1) is 25.1. The molecule has 1 aliphatic rings. The second kappa shape index (κ2) is 9.38. The first-order chi connectivity index (χ1) is 18.0. The fourth-order valence-corrected chi connectivity index (χ4v) is 4.68. The monoisotopic (exact) mass is 537 g/mol. The van der Waals surface area contributed by atoms with Gasteiger partial charge in [-0.1, -0.05) is 12.1 Å². The van der Waals surface area contributed by atoms with E-state index in [1.54, 1.807) is 31.2 Å². The number of ether oxygens (including phenoxy) is 1. The van der Waals surface area contributed by atoms with E-state index in [4.69, 9.17) is 10.5 Å². The van der Waals surface area contributed by atoms with Crippen LogP contribution in [0, 0.1) is 18.6 Å². The minimum atomic E-state index is -3.68. The molecule has 0 unspecified atom stereocenters. The molecule has 2 aromatic carbocycles. The van der Waals surface area contributed by atoms with E-state index in [0.29, 0.717) is 28.0 Å². The predicted molar refractivity (Wildman–Crippen MR) is 138 cm³/mol. The van der Waals surface area contributed by atoms with Crippen molar-refractivity contribution in [3.8, 4) is 17.3 Å². The van der Waals surface area contributed by atoms with Gasteiger partial charge in [0.15, 0.2) is 17.3 Å². The first-order valence-corrected chi connectivity index (χ1v) is 13.2. The number of allylic oxidation sites excluding steroid dienone is 1. The molecular formula is C26H21F2N5O4S. The van der Waals surface area contributed by atoms with E-state index >= 15 is 0 Å². The van der Waals surface area contributed by atoms with Crippen LogP contribution in [-0.2, 0) is 16.4 Å². The zero-order chi connectivity index (χ0) is 27.2. The molecule has 1 aliphatic carbocycles. The van der Waals surface area contributed by atoms with E-state index in [1.807, 2.05) is 0 Å². The van der Waals surface area contributed by atoms with Crippen LogP contribution in [0.15, 0.2) is 60.4 Å². The number of fused-ring (bicyclic) bond motifs is 1. The molecule has 0 amide bonds. The Morgan fingerprint density at radius 1 is 1.13 bits per heavy atom. The average molecular weight is 538 g/mol. The number of rotatable bonds is 7. The van der Waals surface area contributed by atoms with E-state index in [9.17, 15) is 22.0 Å². The Morgan fingerprint density at radius 3 is 2.61 bits per heavy atom. The van der Waals surface area contributed by atoms with Gasteiger partial charge in [0.05, 0.1) is 35.6 Å². The van der Waals surface area contributed by atoms with Crippen molar-refractivity contribution in [1.82, 2.24) is 14.8 Å². The van der Waals surface area contributed by atoms with Gasteiger partial charge < -0.3 is 10.5 Å². The summed E-state index contributed by atoms with van der Waals surface area (Å²) in [6, 6.07) is 10.1. The predicted octanol–water partition coefficient (Wildman–Crippen LogP) is 4.42. The molecule has 2 heterocycles. The van der Waals surface area contributed by atoms with Crippen LogP contribution in [0.25, 0.3) is 11.8 Å². The van der Waals surface area contributed by atoms with E-state index in [2.05, 4.69) is 14.8 Å². The number of hydrogen-bond donors (Lipinski definition) is 2. The lowest BCUT2D eigenvalue weighted by Gasteiger charge is -2.11. The number of Topliss-reactive ketones (excluding diaryl/α,β-unsaturated/α-hetero) is 1. The Bertz CT molecular complexity index is 1750. The van der Waals surface area contributed by atoms with Crippen LogP contribution in [0.1, 0.15) is 27.0 Å². The minimum Gasteiger partial charge on any atom is -0.436 e. The Balaban J connectivity index is 1.39. The molecule has 0 atom stereocenters. The van der Waals surface area contributed by atoms with Crippen molar-refractivity contribution >= 4 is 33.4 Å². The molecule has 4 aromatic rings. The summed E-state index contributed by atoms with van der Waals surface area (Å²) in [5, 5.41) is 4.25. The molecule has 3 N–H and O–H groups in total. The third-order valence-electron chi connectivity index (χ3n) is 5.92. The number of halogens is 2. The highest BCUT2D eigenvalue weighted by molar-refractivity contribution is 7.92. The quantitative estimate of drug-likeness (QED) is 0.334. The average Bonchev–Trinajstić information content (AvgIpc) is 3.43. The number of benzene rings is 2. The SMILES string of the molecule is Cc1cc(Oc2ccccc2F)ncc1-n1ncc(C(=O)C2=Cc3cc(NS(C)(=O)=O)c(F)cc3C2)c1N. The summed E-state index contributed by atoms with van der Waals surface area (Å²) in [6.45, 7) is 1.76. The lowest BCUT2D eigenvalue weighted by atomic mass is 10.0. The highest BCUT2D eigenvalue weighted by Gasteiger charge is 2.26. The number of nitrogens with zero attached hydrogens (tertiary/aromatic N) is 3. The van der Waals surface area contributed by atoms with Gasteiger partial charge in [-0.25, -0.2) is 26.9 Å². The molecule has 9 nitrogen and oxygen atoms in total. The Kier molecular flexibility index (Phi) is 6.19. The molecule has 0 fully saturated rings. The number of carbonyl (C=O) groups excluding carboxylic acids is 1. The van der Waals surface area contributed by atoms with Gasteiger partial charge in [-0.05, 0) is 54.0 Å². The number of carbonyl (C=O) groups is 1. The highest BCUT2D eigenvalue weighted by atomic mass is 32.2. The number of anilines is 2. The number of sulfonamides is 1. The smallest absolute Gasteiger partial charge is 0.229 e. The lowest BCUT2D eigenvalue weighted by molar-refractivity contribution is 0.103. The normalized spacial score (nSPS) is 12.7. The van der Waals surface area contributed by atoms with Crippen molar-refractivity contribution in [2.75, 3.05) is 16.7 Å². The van der Waals surface area contributed by atoms with Crippen LogP contribution in [-0.4, -0.2) is 35.2 Å². The molecule has 0 saturated heterocycles. The molecule has 5 rings (SSSR count). The third kappa shape index (κ3) is 4.85. The Hall–Kier alpha value is -4.58. The van der Waals surface area contributed by atoms with Crippen molar-refractivity contribution in [2.45, 2.75) is 13.3 Å². The maximum Gasteiger partial charge on any atom is 0.229 e. The van der Waals surface area contributed by atoms with Gasteiger partial charge in [0, 0.05) is 18.1 Å². The van der Waals surface area contributed by atoms with E-state index in [0.717, 1.165) is 6.26 Å². The molecule has 0 spiro atoms. The fraction of sp³-hybridized carbons (Fsp3) is 0.115. The summed E-state index contributed by atoms with van der Waals surface area (Å²) in [7, 11) is -3.68. The number of hydrogen-bond acceptors (Lipinski definition) is 7. The van der Waals surface area contributed by atoms with E-state index in [1.165, 1.54) is 41.3 Å². The van der Waals surface area contributed by atoms with Crippen molar-refractivity contribution in [3.63, 3.8) is 0 Å². The number of nitrogen functional groups attached to an aromatic ring is 1. The molecule has 194 valence electrons. The molecule has 2 aromatic heterocycles. The third-order valence-corrected chi connectivity index (χ3v) is 6.51. The zero-order valence-electron chi connectivity index (χ0n) is 20.2. The number of para-hydroxylation sites is 1. The molecule has 0 saturated carbocycles. The molecule has 12 heteroatoms. The second-order valence-electron chi connectivity index (χ2n) is 8.78. The van der Waals surface area contributed by atoms with Crippen LogP contribution in [0.3, 0.4) is 0 Å². The summed E-state index contributed by atoms with van der Waals surface area (Å²) in [5.74, 6) is -1.38. The van der Waals surface area contributed by atoms with Crippen molar-refractivity contribution in [1.29, 1.82) is 0 Å². The van der Waals surface area contributed by atoms with Crippen molar-refractivity contribution in [2.24, 2.45) is 0 Å². The van der Waals surface area contributed by atoms with Gasteiger partial charge in [0.1, 0.15) is 11.6 Å². The fourth-order valence-electron chi connectivity index (χ4n) is 4.12. The van der Waals surface area contributed by atoms with E-state index in [-0.39, 0.29) is 35.1 Å². The van der Waals surface area contributed by atoms with Crippen LogP contribution >= 0.6 is 0 Å². The number of ketones is 1. The lowest BCUT2D eigenvalue weighted by Crippen LogP contribution is -2.11. The van der Waals surface area contributed by atoms with Gasteiger partial charge in [-0.2, -0.15) is 5.10 Å². The summed E-state index contributed by atoms with van der Waals surface area (Å²) in [4.78, 5) is 17.5. The number of nitrogens with two attached hydrogens (primary N) is 1. The Morgan fingerprint density at radius 2 is 1.89 bits per heavy atom. The largest absolute Gasteiger partial charge is 0.436 e. The van der Waals surface area contributed by atoms with Crippen LogP contribution in [0.5, 0.6) is 11.6 Å². The van der Waals surface area contributed by atoms with Crippen LogP contribution in [0.2, 0.25) is 0 Å². The number of pyridine rings is 1. The van der Waals surface area contributed by atoms with Crippen LogP contribution < -0.4 is 15.2 Å². The summed E-state index contributed by atoms with van der Waals surface area (Å²) < 4.78 is 60.3. The summed E-state index contributed by atoms with van der Waals surface area (Å²) in [5.41, 5.74) is 8.80. The maximum atomic E-state index is 14.4. The molecule has 0 radical (unpaired) electrons. The number of aryl methyl sites for hydroxylation is 1. The van der Waals surface area contributed by atoms with Crippen molar-refractivity contribution in [3.05, 3.63) is 94.3 Å². The van der Waals surface area contributed by atoms with Crippen LogP contribution in [0.4, 0.5) is 20.3 Å². The summed E-state index contributed by atoms with van der Waals surface area (Å²) in [6.07, 6.45) is 5.43. The first-order valence-electron chi connectivity index (χ1n) is 11.3. The highest BCUT2D eigenvalue weighted by Crippen LogP contribution is 2.33. The van der Waals surface area contributed by atoms with Gasteiger partial charge in [0.2, 0.25) is 15.9 Å². The second-order valence-corrected chi connectivity index (χ2v) is 10.5. The molecule has 0 aliphatic heterocycles. The van der Waals surface area contributed by atoms with Crippen molar-refractivity contribution < 1.29 is 26.7 Å². The standard InChI is InChI=1S/C26H21F2N5O4S/c1-14-7-24(37-23-6-4-3-5-19(23)27)30-13-22(14)33-26(29)18(12-31-33)25(34)17-8-15-10-20(28)21(11-16(15)9-17)32-38(2,35)36/h3-7,9-13,32H,8,29H2,1-2H3. The molecule has 0 bridgehead atoms. The van der Waals surface area contributed by atoms with E-state index < -0.39 is 27.4 Å². The Labute approximate surface area is 216 Å².